The van der Waals surface area contributed by atoms with Gasteiger partial charge < -0.3 is 15.0 Å². The molecule has 0 aliphatic carbocycles. The molecule has 21 heavy (non-hydrogen) atoms. The van der Waals surface area contributed by atoms with Gasteiger partial charge in [0.15, 0.2) is 0 Å². The third-order valence-corrected chi connectivity index (χ3v) is 4.02. The Bertz CT molecular complexity index is 416. The lowest BCUT2D eigenvalue weighted by Crippen LogP contribution is -2.31. The molecule has 1 N–H and O–H groups in total. The van der Waals surface area contributed by atoms with Crippen LogP contribution in [0.15, 0.2) is 30.3 Å². The molecule has 4 heteroatoms. The second-order valence-corrected chi connectivity index (χ2v) is 5.58. The third kappa shape index (κ3) is 5.14. The summed E-state index contributed by atoms with van der Waals surface area (Å²) in [6.45, 7) is 4.52. The van der Waals surface area contributed by atoms with Crippen molar-refractivity contribution < 1.29 is 9.53 Å². The van der Waals surface area contributed by atoms with Crippen molar-refractivity contribution in [3.63, 3.8) is 0 Å². The molecule has 4 nitrogen and oxygen atoms in total. The van der Waals surface area contributed by atoms with Crippen LogP contribution in [-0.2, 0) is 9.53 Å². The van der Waals surface area contributed by atoms with Crippen LogP contribution in [0.5, 0.6) is 0 Å². The van der Waals surface area contributed by atoms with Gasteiger partial charge >= 0.3 is 5.97 Å². The van der Waals surface area contributed by atoms with Gasteiger partial charge in [0, 0.05) is 0 Å². The Hall–Kier alpha value is -1.39. The van der Waals surface area contributed by atoms with Crippen molar-refractivity contribution in [2.24, 2.45) is 0 Å². The highest BCUT2D eigenvalue weighted by molar-refractivity contribution is 5.77. The second kappa shape index (κ2) is 8.80. The fraction of sp³-hybridized carbons (Fsp3) is 0.588. The molecule has 0 saturated carbocycles. The average molecular weight is 290 g/mol. The van der Waals surface area contributed by atoms with E-state index < -0.39 is 0 Å². The molecule has 1 aliphatic heterocycles. The Kier molecular flexibility index (Phi) is 6.70. The lowest BCUT2D eigenvalue weighted by atomic mass is 10.1. The minimum Gasteiger partial charge on any atom is -0.468 e. The molecule has 1 fully saturated rings. The summed E-state index contributed by atoms with van der Waals surface area (Å²) in [5, 5.41) is 3.32. The zero-order valence-corrected chi connectivity index (χ0v) is 12.9. The van der Waals surface area contributed by atoms with E-state index in [0.717, 1.165) is 18.5 Å². The number of carbonyl (C=O) groups is 1. The van der Waals surface area contributed by atoms with Crippen LogP contribution in [0.2, 0.25) is 0 Å². The number of hydrogen-bond acceptors (Lipinski definition) is 4. The molecule has 1 atom stereocenters. The van der Waals surface area contributed by atoms with E-state index >= 15 is 0 Å². The lowest BCUT2D eigenvalue weighted by Gasteiger charge is -2.18. The SMILES string of the molecule is COC(=O)C(NCCCCN1CCCC1)c1ccccc1. The van der Waals surface area contributed by atoms with Crippen molar-refractivity contribution in [2.45, 2.75) is 31.7 Å². The van der Waals surface area contributed by atoms with Crippen LogP contribution in [0, 0.1) is 0 Å². The van der Waals surface area contributed by atoms with E-state index in [0.29, 0.717) is 0 Å². The highest BCUT2D eigenvalue weighted by Crippen LogP contribution is 2.14. The Morgan fingerprint density at radius 2 is 1.95 bits per heavy atom. The van der Waals surface area contributed by atoms with Crippen molar-refractivity contribution >= 4 is 5.97 Å². The maximum Gasteiger partial charge on any atom is 0.327 e. The molecule has 1 saturated heterocycles. The number of esters is 1. The number of nitrogens with one attached hydrogen (secondary N) is 1. The maximum atomic E-state index is 11.9. The van der Waals surface area contributed by atoms with Crippen LogP contribution in [-0.4, -0.2) is 44.2 Å². The first-order valence-electron chi connectivity index (χ1n) is 7.90. The molecule has 0 aromatic heterocycles. The summed E-state index contributed by atoms with van der Waals surface area (Å²) in [7, 11) is 1.44. The van der Waals surface area contributed by atoms with Gasteiger partial charge in [0.05, 0.1) is 7.11 Å². The van der Waals surface area contributed by atoms with Gasteiger partial charge in [-0.3, -0.25) is 0 Å². The van der Waals surface area contributed by atoms with E-state index in [1.54, 1.807) is 0 Å². The number of nitrogens with zero attached hydrogens (tertiary/aromatic N) is 1. The number of methoxy groups -OCH3 is 1. The molecular formula is C17H26N2O2. The number of carbonyl (C=O) groups excluding carboxylic acids is 1. The second-order valence-electron chi connectivity index (χ2n) is 5.58. The molecule has 0 amide bonds. The van der Waals surface area contributed by atoms with E-state index in [1.807, 2.05) is 30.3 Å². The largest absolute Gasteiger partial charge is 0.468 e. The molecule has 116 valence electrons. The zero-order valence-electron chi connectivity index (χ0n) is 12.9. The van der Waals surface area contributed by atoms with Gasteiger partial charge in [0.2, 0.25) is 0 Å². The first kappa shape index (κ1) is 16.0. The summed E-state index contributed by atoms with van der Waals surface area (Å²) in [4.78, 5) is 14.4. The van der Waals surface area contributed by atoms with Gasteiger partial charge in [-0.1, -0.05) is 30.3 Å². The number of hydrogen-bond donors (Lipinski definition) is 1. The molecule has 0 bridgehead atoms. The summed E-state index contributed by atoms with van der Waals surface area (Å²) in [6, 6.07) is 9.40. The van der Waals surface area contributed by atoms with Crippen LogP contribution in [0.1, 0.15) is 37.3 Å². The molecule has 0 spiro atoms. The minimum atomic E-state index is -0.358. The van der Waals surface area contributed by atoms with Crippen molar-refractivity contribution in [3.8, 4) is 0 Å². The molecule has 1 unspecified atom stereocenters. The smallest absolute Gasteiger partial charge is 0.327 e. The van der Waals surface area contributed by atoms with Crippen molar-refractivity contribution in [1.82, 2.24) is 10.2 Å². The average Bonchev–Trinajstić information content (AvgIpc) is 3.04. The van der Waals surface area contributed by atoms with E-state index in [-0.39, 0.29) is 12.0 Å². The number of benzene rings is 1. The predicted molar refractivity (Wildman–Crippen MR) is 84.1 cm³/mol. The fourth-order valence-corrected chi connectivity index (χ4v) is 2.81. The van der Waals surface area contributed by atoms with E-state index in [2.05, 4.69) is 10.2 Å². The van der Waals surface area contributed by atoms with Gasteiger partial charge in [-0.2, -0.15) is 0 Å². The van der Waals surface area contributed by atoms with E-state index in [1.165, 1.54) is 46.0 Å². The van der Waals surface area contributed by atoms with Crippen molar-refractivity contribution in [3.05, 3.63) is 35.9 Å². The zero-order chi connectivity index (χ0) is 14.9. The van der Waals surface area contributed by atoms with Crippen LogP contribution < -0.4 is 5.32 Å². The van der Waals surface area contributed by atoms with E-state index in [4.69, 9.17) is 4.74 Å². The first-order chi connectivity index (χ1) is 10.3. The van der Waals surface area contributed by atoms with Crippen molar-refractivity contribution in [2.75, 3.05) is 33.3 Å². The van der Waals surface area contributed by atoms with Crippen molar-refractivity contribution in [1.29, 1.82) is 0 Å². The molecule has 1 aromatic rings. The third-order valence-electron chi connectivity index (χ3n) is 4.02. The monoisotopic (exact) mass is 290 g/mol. The number of unbranched alkanes of at least 4 members (excludes halogenated alkanes) is 1. The summed E-state index contributed by atoms with van der Waals surface area (Å²) < 4.78 is 4.90. The lowest BCUT2D eigenvalue weighted by molar-refractivity contribution is -0.143. The molecule has 0 radical (unpaired) electrons. The molecule has 1 aromatic carbocycles. The van der Waals surface area contributed by atoms with Crippen LogP contribution in [0.25, 0.3) is 0 Å². The molecular weight excluding hydrogens is 264 g/mol. The molecule has 1 heterocycles. The predicted octanol–water partition coefficient (Wildman–Crippen LogP) is 2.37. The Morgan fingerprint density at radius 1 is 1.24 bits per heavy atom. The van der Waals surface area contributed by atoms with E-state index in [9.17, 15) is 4.79 Å². The number of ether oxygens (including phenoxy) is 1. The number of likely N-dealkylation sites (tertiary alicyclic amines) is 1. The molecule has 2 rings (SSSR count). The standard InChI is InChI=1S/C17H26N2O2/c1-21-17(20)16(15-9-3-2-4-10-15)18-11-5-6-12-19-13-7-8-14-19/h2-4,9-10,16,18H,5-8,11-14H2,1H3. The minimum absolute atomic E-state index is 0.222. The van der Waals surface area contributed by atoms with Gasteiger partial charge in [-0.25, -0.2) is 4.79 Å². The van der Waals surface area contributed by atoms with Crippen LogP contribution in [0.3, 0.4) is 0 Å². The maximum absolute atomic E-state index is 11.9. The topological polar surface area (TPSA) is 41.6 Å². The summed E-state index contributed by atoms with van der Waals surface area (Å²) in [6.07, 6.45) is 4.94. The van der Waals surface area contributed by atoms with Crippen LogP contribution in [0.4, 0.5) is 0 Å². The summed E-state index contributed by atoms with van der Waals surface area (Å²) in [5.41, 5.74) is 0.962. The quantitative estimate of drug-likeness (QED) is 0.589. The Morgan fingerprint density at radius 3 is 2.62 bits per heavy atom. The first-order valence-corrected chi connectivity index (χ1v) is 7.90. The fourth-order valence-electron chi connectivity index (χ4n) is 2.81. The van der Waals surface area contributed by atoms with Gasteiger partial charge in [0.25, 0.3) is 0 Å². The van der Waals surface area contributed by atoms with Gasteiger partial charge in [0.1, 0.15) is 6.04 Å². The Balaban J connectivity index is 1.73. The van der Waals surface area contributed by atoms with Gasteiger partial charge in [-0.05, 0) is 57.4 Å². The summed E-state index contributed by atoms with van der Waals surface area (Å²) in [5.74, 6) is -0.222. The highest BCUT2D eigenvalue weighted by atomic mass is 16.5. The summed E-state index contributed by atoms with van der Waals surface area (Å²) >= 11 is 0. The van der Waals surface area contributed by atoms with Gasteiger partial charge in [-0.15, -0.1) is 0 Å². The highest BCUT2D eigenvalue weighted by Gasteiger charge is 2.20. The molecule has 1 aliphatic rings. The Labute approximate surface area is 127 Å². The normalized spacial score (nSPS) is 16.8. The van der Waals surface area contributed by atoms with Crippen LogP contribution >= 0.6 is 0 Å². The number of rotatable bonds is 8.